The molecular formula is C15H20Cl2N2O2S. The molecule has 1 atom stereocenters. The highest BCUT2D eigenvalue weighted by Gasteiger charge is 2.37. The summed E-state index contributed by atoms with van der Waals surface area (Å²) >= 11 is 12.0. The van der Waals surface area contributed by atoms with Gasteiger partial charge in [0.2, 0.25) is 10.0 Å². The molecule has 0 aromatic heterocycles. The van der Waals surface area contributed by atoms with Crippen LogP contribution in [0.3, 0.4) is 0 Å². The molecule has 122 valence electrons. The first-order chi connectivity index (χ1) is 10.4. The third-order valence-corrected chi connectivity index (χ3v) is 6.94. The van der Waals surface area contributed by atoms with Crippen LogP contribution in [0.15, 0.2) is 18.2 Å². The zero-order valence-electron chi connectivity index (χ0n) is 12.3. The van der Waals surface area contributed by atoms with Crippen LogP contribution in [-0.2, 0) is 16.6 Å². The molecule has 1 unspecified atom stereocenters. The smallest absolute Gasteiger partial charge is 0.214 e. The van der Waals surface area contributed by atoms with Crippen LogP contribution in [0, 0.1) is 0 Å². The van der Waals surface area contributed by atoms with Crippen molar-refractivity contribution in [2.75, 3.05) is 13.1 Å². The minimum Gasteiger partial charge on any atom is -0.298 e. The van der Waals surface area contributed by atoms with Crippen molar-refractivity contribution in [2.45, 2.75) is 43.5 Å². The molecule has 7 heteroatoms. The van der Waals surface area contributed by atoms with Crippen molar-refractivity contribution < 1.29 is 8.42 Å². The maximum absolute atomic E-state index is 12.0. The first-order valence-corrected chi connectivity index (χ1v) is 9.92. The largest absolute Gasteiger partial charge is 0.298 e. The summed E-state index contributed by atoms with van der Waals surface area (Å²) in [5.41, 5.74) is 1.10. The van der Waals surface area contributed by atoms with E-state index in [0.29, 0.717) is 10.0 Å². The molecule has 2 aliphatic rings. The van der Waals surface area contributed by atoms with Crippen molar-refractivity contribution in [1.29, 1.82) is 0 Å². The van der Waals surface area contributed by atoms with E-state index in [4.69, 9.17) is 23.2 Å². The Morgan fingerprint density at radius 2 is 1.95 bits per heavy atom. The van der Waals surface area contributed by atoms with Gasteiger partial charge in [0.1, 0.15) is 0 Å². The number of nitrogens with zero attached hydrogens (tertiary/aromatic N) is 1. The fraction of sp³-hybridized carbons (Fsp3) is 0.600. The highest BCUT2D eigenvalue weighted by Crippen LogP contribution is 2.28. The molecule has 22 heavy (non-hydrogen) atoms. The molecule has 0 radical (unpaired) electrons. The van der Waals surface area contributed by atoms with Crippen LogP contribution in [0.2, 0.25) is 10.0 Å². The molecule has 1 aliphatic carbocycles. The van der Waals surface area contributed by atoms with Gasteiger partial charge in [-0.05, 0) is 49.9 Å². The van der Waals surface area contributed by atoms with E-state index in [-0.39, 0.29) is 11.3 Å². The lowest BCUT2D eigenvalue weighted by atomic mass is 10.1. The van der Waals surface area contributed by atoms with Gasteiger partial charge in [0.15, 0.2) is 0 Å². The van der Waals surface area contributed by atoms with Crippen molar-refractivity contribution in [3.63, 3.8) is 0 Å². The van der Waals surface area contributed by atoms with Gasteiger partial charge in [-0.1, -0.05) is 29.3 Å². The highest BCUT2D eigenvalue weighted by atomic mass is 35.5. The monoisotopic (exact) mass is 362 g/mol. The van der Waals surface area contributed by atoms with Gasteiger partial charge >= 0.3 is 0 Å². The lowest BCUT2D eigenvalue weighted by Gasteiger charge is -2.33. The summed E-state index contributed by atoms with van der Waals surface area (Å²) in [6.07, 6.45) is 3.51. The number of benzene rings is 1. The number of halogens is 2. The van der Waals surface area contributed by atoms with E-state index in [1.807, 2.05) is 12.1 Å². The molecule has 1 aromatic rings. The third kappa shape index (κ3) is 4.15. The van der Waals surface area contributed by atoms with Crippen LogP contribution in [0.5, 0.6) is 0 Å². The Kier molecular flexibility index (Phi) is 5.00. The maximum atomic E-state index is 12.0. The van der Waals surface area contributed by atoms with E-state index >= 15 is 0 Å². The zero-order chi connectivity index (χ0) is 15.7. The summed E-state index contributed by atoms with van der Waals surface area (Å²) in [5.74, 6) is 0. The number of nitrogens with one attached hydrogen (secondary N) is 1. The van der Waals surface area contributed by atoms with E-state index in [1.165, 1.54) is 0 Å². The fourth-order valence-electron chi connectivity index (χ4n) is 2.90. The van der Waals surface area contributed by atoms with Crippen LogP contribution in [0.25, 0.3) is 0 Å². The predicted octanol–water partition coefficient (Wildman–Crippen LogP) is 3.04. The third-order valence-electron chi connectivity index (χ3n) is 4.19. The molecule has 4 nitrogen and oxygen atoms in total. The average Bonchev–Trinajstić information content (AvgIpc) is 3.28. The quantitative estimate of drug-likeness (QED) is 0.875. The molecule has 0 amide bonds. The van der Waals surface area contributed by atoms with Crippen LogP contribution in [-0.4, -0.2) is 37.7 Å². The zero-order valence-corrected chi connectivity index (χ0v) is 14.6. The minimum absolute atomic E-state index is 0.0159. The summed E-state index contributed by atoms with van der Waals surface area (Å²) in [6, 6.07) is 5.66. The van der Waals surface area contributed by atoms with Crippen molar-refractivity contribution in [1.82, 2.24) is 9.62 Å². The van der Waals surface area contributed by atoms with Crippen molar-refractivity contribution in [3.8, 4) is 0 Å². The van der Waals surface area contributed by atoms with E-state index in [9.17, 15) is 8.42 Å². The van der Waals surface area contributed by atoms with Gasteiger partial charge in [-0.25, -0.2) is 13.1 Å². The summed E-state index contributed by atoms with van der Waals surface area (Å²) in [5, 5.41) is 0.958. The summed E-state index contributed by atoms with van der Waals surface area (Å²) in [4.78, 5) is 2.27. The molecule has 2 fully saturated rings. The molecule has 1 aromatic carbocycles. The molecule has 1 saturated carbocycles. The molecule has 1 heterocycles. The van der Waals surface area contributed by atoms with Gasteiger partial charge in [0, 0.05) is 19.1 Å². The van der Waals surface area contributed by atoms with E-state index in [1.54, 1.807) is 6.07 Å². The van der Waals surface area contributed by atoms with Crippen molar-refractivity contribution >= 4 is 33.2 Å². The average molecular weight is 363 g/mol. The Balaban J connectivity index is 1.59. The fourth-order valence-corrected chi connectivity index (χ4v) is 4.83. The Morgan fingerprint density at radius 3 is 2.64 bits per heavy atom. The number of hydrogen-bond acceptors (Lipinski definition) is 3. The number of rotatable bonds is 5. The Labute approximate surface area is 141 Å². The van der Waals surface area contributed by atoms with Crippen LogP contribution in [0.4, 0.5) is 0 Å². The lowest BCUT2D eigenvalue weighted by molar-refractivity contribution is 0.194. The molecule has 1 N–H and O–H groups in total. The summed E-state index contributed by atoms with van der Waals surface area (Å²) in [7, 11) is -3.11. The normalized spacial score (nSPS) is 23.6. The molecule has 3 rings (SSSR count). The number of likely N-dealkylation sites (tertiary alicyclic amines) is 1. The van der Waals surface area contributed by atoms with Gasteiger partial charge in [0.25, 0.3) is 0 Å². The number of sulfonamides is 1. The second-order valence-electron chi connectivity index (χ2n) is 6.18. The van der Waals surface area contributed by atoms with Crippen LogP contribution < -0.4 is 4.72 Å². The maximum Gasteiger partial charge on any atom is 0.214 e. The topological polar surface area (TPSA) is 49.4 Å². The van der Waals surface area contributed by atoms with Gasteiger partial charge in [-0.3, -0.25) is 4.90 Å². The Bertz CT molecular complexity index is 647. The van der Waals surface area contributed by atoms with Crippen molar-refractivity contribution in [3.05, 3.63) is 33.8 Å². The summed E-state index contributed by atoms with van der Waals surface area (Å²) < 4.78 is 27.0. The predicted molar refractivity (Wildman–Crippen MR) is 89.8 cm³/mol. The lowest BCUT2D eigenvalue weighted by Crippen LogP contribution is -2.48. The molecule has 0 bridgehead atoms. The first kappa shape index (κ1) is 16.5. The van der Waals surface area contributed by atoms with Gasteiger partial charge in [0.05, 0.1) is 15.3 Å². The van der Waals surface area contributed by atoms with Crippen LogP contribution >= 0.6 is 23.2 Å². The Hall–Kier alpha value is -0.330. The van der Waals surface area contributed by atoms with Crippen LogP contribution in [0.1, 0.15) is 31.2 Å². The van der Waals surface area contributed by atoms with Gasteiger partial charge < -0.3 is 0 Å². The minimum atomic E-state index is -3.11. The van der Waals surface area contributed by atoms with E-state index in [2.05, 4.69) is 9.62 Å². The highest BCUT2D eigenvalue weighted by molar-refractivity contribution is 7.90. The Morgan fingerprint density at radius 1 is 1.18 bits per heavy atom. The molecule has 0 spiro atoms. The van der Waals surface area contributed by atoms with E-state index in [0.717, 1.165) is 50.9 Å². The second-order valence-corrected chi connectivity index (χ2v) is 8.99. The second kappa shape index (κ2) is 6.65. The number of piperidine rings is 1. The summed E-state index contributed by atoms with van der Waals surface area (Å²) in [6.45, 7) is 2.48. The first-order valence-electron chi connectivity index (χ1n) is 7.61. The van der Waals surface area contributed by atoms with E-state index < -0.39 is 10.0 Å². The number of hydrogen-bond donors (Lipinski definition) is 1. The molecular weight excluding hydrogens is 343 g/mol. The van der Waals surface area contributed by atoms with Gasteiger partial charge in [-0.15, -0.1) is 0 Å². The SMILES string of the molecule is O=S(=O)(NC1CCCN(Cc2ccc(Cl)c(Cl)c2)C1)C1CC1. The molecule has 1 aliphatic heterocycles. The van der Waals surface area contributed by atoms with Gasteiger partial charge in [-0.2, -0.15) is 0 Å². The standard InChI is InChI=1S/C15H20Cl2N2O2S/c16-14-6-3-11(8-15(14)17)9-19-7-1-2-12(10-19)18-22(20,21)13-4-5-13/h3,6,8,12-13,18H,1-2,4-5,7,9-10H2. The molecule has 1 saturated heterocycles. The van der Waals surface area contributed by atoms with Crippen molar-refractivity contribution in [2.24, 2.45) is 0 Å².